The standard InChI is InChI=1S/C15H16N2OS2/c1-12-17-13(11-20-12)7-8-15(18)16-9-10-19-14-5-3-2-4-6-14/h2-8,11H,9-10H2,1H3,(H,16,18)/b8-7+. The van der Waals surface area contributed by atoms with E-state index in [1.807, 2.05) is 30.5 Å². The molecule has 2 rings (SSSR count). The Labute approximate surface area is 127 Å². The maximum Gasteiger partial charge on any atom is 0.244 e. The third-order valence-corrected chi connectivity index (χ3v) is 4.26. The molecule has 0 radical (unpaired) electrons. The number of thiazole rings is 1. The summed E-state index contributed by atoms with van der Waals surface area (Å²) in [4.78, 5) is 17.1. The number of nitrogens with one attached hydrogen (secondary N) is 1. The zero-order chi connectivity index (χ0) is 14.2. The first-order chi connectivity index (χ1) is 9.74. The molecule has 5 heteroatoms. The van der Waals surface area contributed by atoms with E-state index in [0.717, 1.165) is 16.5 Å². The van der Waals surface area contributed by atoms with Gasteiger partial charge in [-0.3, -0.25) is 4.79 Å². The van der Waals surface area contributed by atoms with Crippen LogP contribution in [0.4, 0.5) is 0 Å². The van der Waals surface area contributed by atoms with Gasteiger partial charge in [0.15, 0.2) is 0 Å². The van der Waals surface area contributed by atoms with Crippen molar-refractivity contribution >= 4 is 35.1 Å². The molecule has 104 valence electrons. The maximum atomic E-state index is 11.6. The number of aryl methyl sites for hydroxylation is 1. The summed E-state index contributed by atoms with van der Waals surface area (Å²) in [6.07, 6.45) is 3.27. The average Bonchev–Trinajstić information content (AvgIpc) is 2.88. The molecular weight excluding hydrogens is 288 g/mol. The Morgan fingerprint density at radius 2 is 2.20 bits per heavy atom. The van der Waals surface area contributed by atoms with Crippen molar-refractivity contribution < 1.29 is 4.79 Å². The van der Waals surface area contributed by atoms with E-state index in [1.54, 1.807) is 29.2 Å². The minimum Gasteiger partial charge on any atom is -0.352 e. The monoisotopic (exact) mass is 304 g/mol. The van der Waals surface area contributed by atoms with Gasteiger partial charge in [-0.25, -0.2) is 4.98 Å². The quantitative estimate of drug-likeness (QED) is 0.505. The van der Waals surface area contributed by atoms with Crippen molar-refractivity contribution in [3.8, 4) is 0 Å². The highest BCUT2D eigenvalue weighted by atomic mass is 32.2. The van der Waals surface area contributed by atoms with Gasteiger partial charge >= 0.3 is 0 Å². The Balaban J connectivity index is 1.66. The van der Waals surface area contributed by atoms with Gasteiger partial charge < -0.3 is 5.32 Å². The van der Waals surface area contributed by atoms with Crippen LogP contribution in [0.3, 0.4) is 0 Å². The summed E-state index contributed by atoms with van der Waals surface area (Å²) in [5.41, 5.74) is 0.835. The van der Waals surface area contributed by atoms with Crippen molar-refractivity contribution in [3.63, 3.8) is 0 Å². The molecule has 0 aliphatic carbocycles. The van der Waals surface area contributed by atoms with Crippen molar-refractivity contribution in [2.45, 2.75) is 11.8 Å². The molecule has 3 nitrogen and oxygen atoms in total. The molecule has 0 aliphatic heterocycles. The van der Waals surface area contributed by atoms with Crippen molar-refractivity contribution in [3.05, 3.63) is 52.5 Å². The molecule has 1 N–H and O–H groups in total. The molecule has 0 fully saturated rings. The van der Waals surface area contributed by atoms with E-state index in [1.165, 1.54) is 11.0 Å². The van der Waals surface area contributed by atoms with Crippen molar-refractivity contribution in [2.24, 2.45) is 0 Å². The molecule has 0 atom stereocenters. The van der Waals surface area contributed by atoms with E-state index in [4.69, 9.17) is 0 Å². The topological polar surface area (TPSA) is 42.0 Å². The Kier molecular flexibility index (Phi) is 5.83. The van der Waals surface area contributed by atoms with Gasteiger partial charge in [0.2, 0.25) is 5.91 Å². The summed E-state index contributed by atoms with van der Waals surface area (Å²) in [5.74, 6) is 0.781. The molecule has 0 saturated carbocycles. The van der Waals surface area contributed by atoms with Crippen LogP contribution in [0.25, 0.3) is 6.08 Å². The number of amides is 1. The number of carbonyl (C=O) groups is 1. The minimum absolute atomic E-state index is 0.0793. The summed E-state index contributed by atoms with van der Waals surface area (Å²) in [6, 6.07) is 10.2. The second-order valence-electron chi connectivity index (χ2n) is 4.08. The molecule has 0 bridgehead atoms. The van der Waals surface area contributed by atoms with E-state index in [0.29, 0.717) is 6.54 Å². The Morgan fingerprint density at radius 1 is 1.40 bits per heavy atom. The smallest absolute Gasteiger partial charge is 0.244 e. The molecule has 0 spiro atoms. The predicted molar refractivity (Wildman–Crippen MR) is 86.1 cm³/mol. The molecule has 2 aromatic rings. The van der Waals surface area contributed by atoms with Gasteiger partial charge in [0.1, 0.15) is 0 Å². The molecule has 1 amide bonds. The lowest BCUT2D eigenvalue weighted by Gasteiger charge is -2.02. The first kappa shape index (κ1) is 14.8. The number of benzene rings is 1. The van der Waals surface area contributed by atoms with E-state index in [2.05, 4.69) is 22.4 Å². The van der Waals surface area contributed by atoms with Crippen LogP contribution in [0.5, 0.6) is 0 Å². The van der Waals surface area contributed by atoms with Crippen LogP contribution in [0.2, 0.25) is 0 Å². The average molecular weight is 304 g/mol. The van der Waals surface area contributed by atoms with Gasteiger partial charge in [0.05, 0.1) is 10.7 Å². The number of hydrogen-bond donors (Lipinski definition) is 1. The van der Waals surface area contributed by atoms with Gasteiger partial charge in [0, 0.05) is 28.6 Å². The summed E-state index contributed by atoms with van der Waals surface area (Å²) in [7, 11) is 0. The maximum absolute atomic E-state index is 11.6. The highest BCUT2D eigenvalue weighted by Crippen LogP contribution is 2.15. The third-order valence-electron chi connectivity index (χ3n) is 2.46. The van der Waals surface area contributed by atoms with Gasteiger partial charge in [-0.2, -0.15) is 0 Å². The number of thioether (sulfide) groups is 1. The second-order valence-corrected chi connectivity index (χ2v) is 6.31. The van der Waals surface area contributed by atoms with Gasteiger partial charge in [0.25, 0.3) is 0 Å². The Hall–Kier alpha value is -1.59. The molecule has 20 heavy (non-hydrogen) atoms. The number of hydrogen-bond acceptors (Lipinski definition) is 4. The van der Waals surface area contributed by atoms with E-state index >= 15 is 0 Å². The molecule has 0 unspecified atom stereocenters. The molecule has 1 aromatic carbocycles. The minimum atomic E-state index is -0.0793. The zero-order valence-electron chi connectivity index (χ0n) is 11.2. The zero-order valence-corrected chi connectivity index (χ0v) is 12.8. The highest BCUT2D eigenvalue weighted by Gasteiger charge is 1.98. The summed E-state index contributed by atoms with van der Waals surface area (Å²) >= 11 is 3.31. The first-order valence-electron chi connectivity index (χ1n) is 6.30. The van der Waals surface area contributed by atoms with Crippen molar-refractivity contribution in [2.75, 3.05) is 12.3 Å². The summed E-state index contributed by atoms with van der Waals surface area (Å²) in [6.45, 7) is 2.60. The lowest BCUT2D eigenvalue weighted by Crippen LogP contribution is -2.23. The molecular formula is C15H16N2OS2. The molecule has 0 saturated heterocycles. The Morgan fingerprint density at radius 3 is 2.90 bits per heavy atom. The molecule has 1 aromatic heterocycles. The lowest BCUT2D eigenvalue weighted by molar-refractivity contribution is -0.116. The van der Waals surface area contributed by atoms with Crippen LogP contribution in [0.1, 0.15) is 10.7 Å². The summed E-state index contributed by atoms with van der Waals surface area (Å²) in [5, 5.41) is 5.80. The van der Waals surface area contributed by atoms with Crippen LogP contribution in [0.15, 0.2) is 46.7 Å². The van der Waals surface area contributed by atoms with E-state index in [9.17, 15) is 4.79 Å². The molecule has 0 aliphatic rings. The normalized spacial score (nSPS) is 10.8. The van der Waals surface area contributed by atoms with Gasteiger partial charge in [-0.15, -0.1) is 23.1 Å². The number of rotatable bonds is 6. The Bertz CT molecular complexity index is 579. The van der Waals surface area contributed by atoms with Crippen LogP contribution in [-0.4, -0.2) is 23.2 Å². The van der Waals surface area contributed by atoms with Crippen LogP contribution < -0.4 is 5.32 Å². The predicted octanol–water partition coefficient (Wildman–Crippen LogP) is 3.37. The first-order valence-corrected chi connectivity index (χ1v) is 8.16. The lowest BCUT2D eigenvalue weighted by atomic mass is 10.4. The van der Waals surface area contributed by atoms with Crippen molar-refractivity contribution in [1.82, 2.24) is 10.3 Å². The number of nitrogens with zero attached hydrogens (tertiary/aromatic N) is 1. The van der Waals surface area contributed by atoms with Gasteiger partial charge in [-0.1, -0.05) is 18.2 Å². The van der Waals surface area contributed by atoms with Crippen molar-refractivity contribution in [1.29, 1.82) is 0 Å². The molecule has 1 heterocycles. The number of aromatic nitrogens is 1. The second kappa shape index (κ2) is 7.87. The fourth-order valence-corrected chi connectivity index (χ4v) is 2.91. The highest BCUT2D eigenvalue weighted by molar-refractivity contribution is 7.99. The van der Waals surface area contributed by atoms with E-state index < -0.39 is 0 Å². The van der Waals surface area contributed by atoms with Crippen LogP contribution in [-0.2, 0) is 4.79 Å². The number of carbonyl (C=O) groups excluding carboxylic acids is 1. The fourth-order valence-electron chi connectivity index (χ4n) is 1.54. The summed E-state index contributed by atoms with van der Waals surface area (Å²) < 4.78 is 0. The SMILES string of the molecule is Cc1nc(/C=C/C(=O)NCCSc2ccccc2)cs1. The van der Waals surface area contributed by atoms with E-state index in [-0.39, 0.29) is 5.91 Å². The third kappa shape index (κ3) is 5.19. The van der Waals surface area contributed by atoms with Gasteiger partial charge in [-0.05, 0) is 25.1 Å². The fraction of sp³-hybridized carbons (Fsp3) is 0.200. The van der Waals surface area contributed by atoms with Crippen LogP contribution in [0, 0.1) is 6.92 Å². The van der Waals surface area contributed by atoms with Crippen LogP contribution >= 0.6 is 23.1 Å². The largest absolute Gasteiger partial charge is 0.352 e.